The minimum Gasteiger partial charge on any atom is -0.336 e. The fraction of sp³-hybridized carbons (Fsp3) is 0.529. The first-order valence-electron chi connectivity index (χ1n) is 8.74. The van der Waals surface area contributed by atoms with Crippen molar-refractivity contribution in [2.45, 2.75) is 50.1 Å². The first-order chi connectivity index (χ1) is 12.6. The lowest BCUT2D eigenvalue weighted by molar-refractivity contribution is -0.113. The van der Waals surface area contributed by atoms with Crippen LogP contribution in [-0.2, 0) is 17.6 Å². The molecule has 7 nitrogen and oxygen atoms in total. The van der Waals surface area contributed by atoms with E-state index < -0.39 is 0 Å². The van der Waals surface area contributed by atoms with Crippen molar-refractivity contribution >= 4 is 34.0 Å². The zero-order valence-corrected chi connectivity index (χ0v) is 16.1. The topological polar surface area (TPSA) is 110 Å². The highest BCUT2D eigenvalue weighted by atomic mass is 32.2. The van der Waals surface area contributed by atoms with Gasteiger partial charge in [0.15, 0.2) is 5.82 Å². The van der Waals surface area contributed by atoms with Gasteiger partial charge >= 0.3 is 0 Å². The van der Waals surface area contributed by atoms with Crippen molar-refractivity contribution in [2.24, 2.45) is 5.92 Å². The Bertz CT molecular complexity index is 892. The third-order valence-electron chi connectivity index (χ3n) is 4.84. The highest BCUT2D eigenvalue weighted by Gasteiger charge is 2.30. The molecule has 0 unspecified atom stereocenters. The number of amides is 1. The minimum absolute atomic E-state index is 0.158. The number of nitriles is 1. The number of nitrogens with two attached hydrogens (primary N) is 1. The number of rotatable bonds is 5. The van der Waals surface area contributed by atoms with Crippen LogP contribution in [0.25, 0.3) is 0 Å². The Morgan fingerprint density at radius 2 is 2.27 bits per heavy atom. The molecule has 0 aromatic carbocycles. The van der Waals surface area contributed by atoms with Gasteiger partial charge in [-0.15, -0.1) is 21.5 Å². The lowest BCUT2D eigenvalue weighted by Gasteiger charge is -2.17. The van der Waals surface area contributed by atoms with Gasteiger partial charge in [-0.25, -0.2) is 4.68 Å². The van der Waals surface area contributed by atoms with E-state index in [-0.39, 0.29) is 11.7 Å². The molecule has 1 fully saturated rings. The fourth-order valence-electron chi connectivity index (χ4n) is 3.26. The number of hydrogen-bond donors (Lipinski definition) is 2. The van der Waals surface area contributed by atoms with Gasteiger partial charge in [-0.3, -0.25) is 4.79 Å². The molecular weight excluding hydrogens is 368 g/mol. The van der Waals surface area contributed by atoms with Gasteiger partial charge in [0.2, 0.25) is 11.1 Å². The summed E-state index contributed by atoms with van der Waals surface area (Å²) in [6, 6.07) is 2.27. The van der Waals surface area contributed by atoms with Crippen molar-refractivity contribution in [1.29, 1.82) is 5.26 Å². The van der Waals surface area contributed by atoms with Crippen LogP contribution in [0.5, 0.6) is 0 Å². The number of carbonyl (C=O) groups is 1. The second-order valence-corrected chi connectivity index (χ2v) is 9.04. The van der Waals surface area contributed by atoms with E-state index in [1.807, 2.05) is 0 Å². The van der Waals surface area contributed by atoms with Crippen LogP contribution in [0, 0.1) is 17.2 Å². The first kappa shape index (κ1) is 17.4. The smallest absolute Gasteiger partial charge is 0.235 e. The monoisotopic (exact) mass is 388 g/mol. The van der Waals surface area contributed by atoms with Crippen molar-refractivity contribution < 1.29 is 4.79 Å². The molecule has 0 bridgehead atoms. The number of aromatic nitrogens is 3. The number of thioether (sulfide) groups is 1. The van der Waals surface area contributed by atoms with E-state index in [1.54, 1.807) is 0 Å². The van der Waals surface area contributed by atoms with Crippen LogP contribution in [0.3, 0.4) is 0 Å². The minimum atomic E-state index is -0.158. The molecule has 9 heteroatoms. The van der Waals surface area contributed by atoms with Crippen molar-refractivity contribution in [3.63, 3.8) is 0 Å². The standard InChI is InChI=1S/C17H20N6OS2/c1-9-2-5-11-12(7-18)16(26-13(11)6-9)20-14(24)8-25-17-22-21-15(23(17)19)10-3-4-10/h9-10H,2-6,8,19H2,1H3,(H,20,24)/t9-/m1/s1. The SMILES string of the molecule is C[C@@H]1CCc2c(sc(NC(=O)CSc3nnc(C4CC4)n3N)c2C#N)C1. The van der Waals surface area contributed by atoms with Gasteiger partial charge in [0.25, 0.3) is 0 Å². The molecule has 26 heavy (non-hydrogen) atoms. The summed E-state index contributed by atoms with van der Waals surface area (Å²) in [6.45, 7) is 2.22. The normalized spacial score (nSPS) is 19.0. The molecule has 2 heterocycles. The maximum atomic E-state index is 12.4. The summed E-state index contributed by atoms with van der Waals surface area (Å²) in [7, 11) is 0. The Kier molecular flexibility index (Phi) is 4.63. The molecule has 1 saturated carbocycles. The molecule has 0 aliphatic heterocycles. The maximum Gasteiger partial charge on any atom is 0.235 e. The predicted molar refractivity (Wildman–Crippen MR) is 102 cm³/mol. The number of anilines is 1. The summed E-state index contributed by atoms with van der Waals surface area (Å²) in [5.41, 5.74) is 1.75. The zero-order valence-electron chi connectivity index (χ0n) is 14.5. The number of fused-ring (bicyclic) bond motifs is 1. The van der Waals surface area contributed by atoms with Crippen LogP contribution in [0.4, 0.5) is 5.00 Å². The number of nitrogens with zero attached hydrogens (tertiary/aromatic N) is 4. The highest BCUT2D eigenvalue weighted by molar-refractivity contribution is 7.99. The van der Waals surface area contributed by atoms with E-state index in [0.717, 1.165) is 43.5 Å². The molecule has 136 valence electrons. The van der Waals surface area contributed by atoms with Gasteiger partial charge in [-0.05, 0) is 43.6 Å². The van der Waals surface area contributed by atoms with Crippen LogP contribution in [-0.4, -0.2) is 26.5 Å². The molecule has 0 spiro atoms. The summed E-state index contributed by atoms with van der Waals surface area (Å²) in [5.74, 6) is 7.86. The van der Waals surface area contributed by atoms with Crippen LogP contribution in [0.2, 0.25) is 0 Å². The number of nitrogens with one attached hydrogen (secondary N) is 1. The Hall–Kier alpha value is -2.05. The molecule has 2 aliphatic rings. The van der Waals surface area contributed by atoms with Crippen LogP contribution >= 0.6 is 23.1 Å². The molecule has 2 aliphatic carbocycles. The lowest BCUT2D eigenvalue weighted by atomic mass is 9.89. The van der Waals surface area contributed by atoms with E-state index in [2.05, 4.69) is 28.5 Å². The Morgan fingerprint density at radius 3 is 3.00 bits per heavy atom. The summed E-state index contributed by atoms with van der Waals surface area (Å²) in [6.07, 6.45) is 5.19. The van der Waals surface area contributed by atoms with E-state index >= 15 is 0 Å². The molecule has 1 atom stereocenters. The number of nitrogen functional groups attached to an aromatic ring is 1. The first-order valence-corrected chi connectivity index (χ1v) is 10.5. The Morgan fingerprint density at radius 1 is 1.46 bits per heavy atom. The number of thiophene rings is 1. The molecule has 3 N–H and O–H groups in total. The molecule has 0 saturated heterocycles. The van der Waals surface area contributed by atoms with Crippen molar-refractivity contribution in [2.75, 3.05) is 16.9 Å². The van der Waals surface area contributed by atoms with E-state index in [9.17, 15) is 10.1 Å². The van der Waals surface area contributed by atoms with E-state index in [0.29, 0.717) is 27.6 Å². The van der Waals surface area contributed by atoms with Gasteiger partial charge in [0.1, 0.15) is 11.1 Å². The van der Waals surface area contributed by atoms with E-state index in [4.69, 9.17) is 5.84 Å². The third-order valence-corrected chi connectivity index (χ3v) is 6.96. The molecule has 1 amide bonds. The molecule has 2 aromatic heterocycles. The average molecular weight is 389 g/mol. The largest absolute Gasteiger partial charge is 0.336 e. The number of hydrogen-bond acceptors (Lipinski definition) is 7. The fourth-order valence-corrected chi connectivity index (χ4v) is 5.30. The Balaban J connectivity index is 1.41. The van der Waals surface area contributed by atoms with Crippen LogP contribution in [0.1, 0.15) is 53.9 Å². The summed E-state index contributed by atoms with van der Waals surface area (Å²) < 4.78 is 1.49. The third kappa shape index (κ3) is 3.31. The molecule has 4 rings (SSSR count). The highest BCUT2D eigenvalue weighted by Crippen LogP contribution is 2.40. The van der Waals surface area contributed by atoms with Gasteiger partial charge < -0.3 is 11.2 Å². The second kappa shape index (κ2) is 6.93. The average Bonchev–Trinajstić information content (AvgIpc) is 3.30. The predicted octanol–water partition coefficient (Wildman–Crippen LogP) is 2.66. The molecule has 0 radical (unpaired) electrons. The van der Waals surface area contributed by atoms with Gasteiger partial charge in [0.05, 0.1) is 11.3 Å². The maximum absolute atomic E-state index is 12.4. The van der Waals surface area contributed by atoms with Crippen molar-refractivity contribution in [1.82, 2.24) is 14.9 Å². The van der Waals surface area contributed by atoms with Gasteiger partial charge in [0, 0.05) is 10.8 Å². The quantitative estimate of drug-likeness (QED) is 0.602. The van der Waals surface area contributed by atoms with Gasteiger partial charge in [-0.1, -0.05) is 18.7 Å². The lowest BCUT2D eigenvalue weighted by Crippen LogP contribution is -2.17. The molecular formula is C17H20N6OS2. The van der Waals surface area contributed by atoms with Crippen LogP contribution in [0.15, 0.2) is 5.16 Å². The van der Waals surface area contributed by atoms with Crippen molar-refractivity contribution in [3.8, 4) is 6.07 Å². The second-order valence-electron chi connectivity index (χ2n) is 6.99. The van der Waals surface area contributed by atoms with Crippen LogP contribution < -0.4 is 11.2 Å². The summed E-state index contributed by atoms with van der Waals surface area (Å²) >= 11 is 2.80. The molecule has 2 aromatic rings. The zero-order chi connectivity index (χ0) is 18.3. The summed E-state index contributed by atoms with van der Waals surface area (Å²) in [5, 5.41) is 21.8. The number of carbonyl (C=O) groups excluding carboxylic acids is 1. The summed E-state index contributed by atoms with van der Waals surface area (Å²) in [4.78, 5) is 13.6. The Labute approximate surface area is 159 Å². The van der Waals surface area contributed by atoms with E-state index in [1.165, 1.54) is 32.7 Å². The van der Waals surface area contributed by atoms with Crippen molar-refractivity contribution in [3.05, 3.63) is 21.8 Å². The van der Waals surface area contributed by atoms with Gasteiger partial charge in [-0.2, -0.15) is 5.26 Å².